The van der Waals surface area contributed by atoms with E-state index in [0.29, 0.717) is 26.2 Å². The molecule has 6 heteroatoms. The minimum atomic E-state index is -0.339. The number of nitrogens with zero attached hydrogens (tertiary/aromatic N) is 2. The SMILES string of the molecule is COC(=O)N1CCN(C(=O)NC=C(C)C)CC1. The van der Waals surface area contributed by atoms with E-state index in [-0.39, 0.29) is 12.1 Å². The van der Waals surface area contributed by atoms with Crippen LogP contribution in [-0.4, -0.2) is 55.2 Å². The third-order valence-corrected chi connectivity index (χ3v) is 2.48. The van der Waals surface area contributed by atoms with Crippen molar-refractivity contribution in [3.05, 3.63) is 11.8 Å². The summed E-state index contributed by atoms with van der Waals surface area (Å²) in [6, 6.07) is -0.129. The molecule has 0 spiro atoms. The number of urea groups is 1. The maximum atomic E-state index is 11.7. The minimum Gasteiger partial charge on any atom is -0.453 e. The molecule has 6 nitrogen and oxygen atoms in total. The Kier molecular flexibility index (Phi) is 4.81. The number of hydrogen-bond donors (Lipinski definition) is 1. The summed E-state index contributed by atoms with van der Waals surface area (Å²) in [5.74, 6) is 0. The first-order valence-corrected chi connectivity index (χ1v) is 5.56. The summed E-state index contributed by atoms with van der Waals surface area (Å²) in [5, 5.41) is 2.70. The lowest BCUT2D eigenvalue weighted by Crippen LogP contribution is -2.52. The Hall–Kier alpha value is -1.72. The summed E-state index contributed by atoms with van der Waals surface area (Å²) in [6.07, 6.45) is 1.34. The van der Waals surface area contributed by atoms with Crippen LogP contribution in [0.3, 0.4) is 0 Å². The zero-order valence-electron chi connectivity index (χ0n) is 10.5. The highest BCUT2D eigenvalue weighted by atomic mass is 16.5. The molecule has 1 aliphatic heterocycles. The van der Waals surface area contributed by atoms with E-state index in [1.165, 1.54) is 7.11 Å². The zero-order valence-corrected chi connectivity index (χ0v) is 10.5. The summed E-state index contributed by atoms with van der Waals surface area (Å²) in [6.45, 7) is 5.89. The van der Waals surface area contributed by atoms with Crippen LogP contribution in [0.2, 0.25) is 0 Å². The van der Waals surface area contributed by atoms with E-state index in [1.54, 1.807) is 16.0 Å². The van der Waals surface area contributed by atoms with Gasteiger partial charge in [0, 0.05) is 32.4 Å². The molecule has 0 unspecified atom stereocenters. The van der Waals surface area contributed by atoms with Crippen molar-refractivity contribution < 1.29 is 14.3 Å². The molecule has 1 aliphatic rings. The van der Waals surface area contributed by atoms with Crippen molar-refractivity contribution in [3.8, 4) is 0 Å². The number of rotatable bonds is 1. The maximum absolute atomic E-state index is 11.7. The number of carbonyl (C=O) groups excluding carboxylic acids is 2. The predicted molar refractivity (Wildman–Crippen MR) is 63.5 cm³/mol. The molecule has 0 atom stereocenters. The van der Waals surface area contributed by atoms with Gasteiger partial charge in [-0.2, -0.15) is 0 Å². The van der Waals surface area contributed by atoms with Gasteiger partial charge in [-0.1, -0.05) is 5.57 Å². The van der Waals surface area contributed by atoms with Gasteiger partial charge in [0.15, 0.2) is 0 Å². The summed E-state index contributed by atoms with van der Waals surface area (Å²) < 4.78 is 4.62. The molecule has 1 saturated heterocycles. The number of hydrogen-bond acceptors (Lipinski definition) is 3. The normalized spacial score (nSPS) is 15.2. The standard InChI is InChI=1S/C11H19N3O3/c1-9(2)8-12-10(15)13-4-6-14(7-5-13)11(16)17-3/h8H,4-7H2,1-3H3,(H,12,15). The van der Waals surface area contributed by atoms with E-state index in [0.717, 1.165) is 5.57 Å². The van der Waals surface area contributed by atoms with Gasteiger partial charge in [0.05, 0.1) is 7.11 Å². The van der Waals surface area contributed by atoms with Crippen molar-refractivity contribution in [2.75, 3.05) is 33.3 Å². The highest BCUT2D eigenvalue weighted by Gasteiger charge is 2.23. The number of carbonyl (C=O) groups is 2. The van der Waals surface area contributed by atoms with Crippen molar-refractivity contribution in [2.45, 2.75) is 13.8 Å². The fourth-order valence-corrected chi connectivity index (χ4v) is 1.52. The molecular weight excluding hydrogens is 222 g/mol. The van der Waals surface area contributed by atoms with Crippen LogP contribution in [0.25, 0.3) is 0 Å². The van der Waals surface area contributed by atoms with Crippen LogP contribution in [0.1, 0.15) is 13.8 Å². The molecule has 0 aromatic heterocycles. The van der Waals surface area contributed by atoms with Crippen LogP contribution >= 0.6 is 0 Å². The maximum Gasteiger partial charge on any atom is 0.409 e. The Morgan fingerprint density at radius 3 is 2.12 bits per heavy atom. The Morgan fingerprint density at radius 1 is 1.12 bits per heavy atom. The van der Waals surface area contributed by atoms with Crippen LogP contribution in [0.4, 0.5) is 9.59 Å². The third-order valence-electron chi connectivity index (χ3n) is 2.48. The van der Waals surface area contributed by atoms with Crippen LogP contribution < -0.4 is 5.32 Å². The van der Waals surface area contributed by atoms with Gasteiger partial charge in [-0.05, 0) is 13.8 Å². The lowest BCUT2D eigenvalue weighted by molar-refractivity contribution is 0.0976. The average molecular weight is 241 g/mol. The fourth-order valence-electron chi connectivity index (χ4n) is 1.52. The fraction of sp³-hybridized carbons (Fsp3) is 0.636. The summed E-state index contributed by atoms with van der Waals surface area (Å²) >= 11 is 0. The molecule has 1 fully saturated rings. The molecular formula is C11H19N3O3. The van der Waals surface area contributed by atoms with Gasteiger partial charge in [0.2, 0.25) is 0 Å². The molecule has 0 bridgehead atoms. The largest absolute Gasteiger partial charge is 0.453 e. The average Bonchev–Trinajstić information content (AvgIpc) is 2.35. The smallest absolute Gasteiger partial charge is 0.409 e. The van der Waals surface area contributed by atoms with E-state index in [9.17, 15) is 9.59 Å². The predicted octanol–water partition coefficient (Wildman–Crippen LogP) is 1.00. The number of ether oxygens (including phenoxy) is 1. The number of nitrogens with one attached hydrogen (secondary N) is 1. The van der Waals surface area contributed by atoms with Gasteiger partial charge in [0.1, 0.15) is 0 Å². The number of allylic oxidation sites excluding steroid dienone is 1. The Labute approximate surface area is 101 Å². The first-order valence-electron chi connectivity index (χ1n) is 5.56. The molecule has 0 radical (unpaired) electrons. The molecule has 0 aromatic rings. The number of piperazine rings is 1. The second kappa shape index (κ2) is 6.12. The zero-order chi connectivity index (χ0) is 12.8. The topological polar surface area (TPSA) is 61.9 Å². The van der Waals surface area contributed by atoms with Crippen LogP contribution in [0.15, 0.2) is 11.8 Å². The first-order chi connectivity index (χ1) is 8.04. The lowest BCUT2D eigenvalue weighted by atomic mass is 10.3. The molecule has 1 N–H and O–H groups in total. The molecule has 1 rings (SSSR count). The molecule has 0 aromatic carbocycles. The van der Waals surface area contributed by atoms with Gasteiger partial charge < -0.3 is 19.9 Å². The van der Waals surface area contributed by atoms with Crippen molar-refractivity contribution in [2.24, 2.45) is 0 Å². The Balaban J connectivity index is 2.39. The van der Waals surface area contributed by atoms with Gasteiger partial charge in [-0.25, -0.2) is 9.59 Å². The molecule has 96 valence electrons. The van der Waals surface area contributed by atoms with E-state index >= 15 is 0 Å². The van der Waals surface area contributed by atoms with Gasteiger partial charge >= 0.3 is 12.1 Å². The quantitative estimate of drug-likeness (QED) is 0.745. The van der Waals surface area contributed by atoms with Crippen LogP contribution in [-0.2, 0) is 4.74 Å². The molecule has 3 amide bonds. The molecule has 17 heavy (non-hydrogen) atoms. The van der Waals surface area contributed by atoms with Crippen LogP contribution in [0.5, 0.6) is 0 Å². The number of methoxy groups -OCH3 is 1. The van der Waals surface area contributed by atoms with E-state index in [1.807, 2.05) is 13.8 Å². The van der Waals surface area contributed by atoms with Gasteiger partial charge in [-0.15, -0.1) is 0 Å². The van der Waals surface area contributed by atoms with E-state index < -0.39 is 0 Å². The molecule has 0 aliphatic carbocycles. The lowest BCUT2D eigenvalue weighted by Gasteiger charge is -2.33. The third kappa shape index (κ3) is 3.97. The first kappa shape index (κ1) is 13.3. The van der Waals surface area contributed by atoms with Gasteiger partial charge in [0.25, 0.3) is 0 Å². The summed E-state index contributed by atoms with van der Waals surface area (Å²) in [5.41, 5.74) is 1.03. The second-order valence-corrected chi connectivity index (χ2v) is 4.12. The summed E-state index contributed by atoms with van der Waals surface area (Å²) in [7, 11) is 1.36. The number of amides is 3. The summed E-state index contributed by atoms with van der Waals surface area (Å²) in [4.78, 5) is 26.2. The van der Waals surface area contributed by atoms with Gasteiger partial charge in [-0.3, -0.25) is 0 Å². The highest BCUT2D eigenvalue weighted by molar-refractivity contribution is 5.76. The second-order valence-electron chi connectivity index (χ2n) is 4.12. The van der Waals surface area contributed by atoms with Crippen LogP contribution in [0, 0.1) is 0 Å². The van der Waals surface area contributed by atoms with E-state index in [2.05, 4.69) is 10.1 Å². The van der Waals surface area contributed by atoms with Crippen molar-refractivity contribution >= 4 is 12.1 Å². The molecule has 0 saturated carbocycles. The Morgan fingerprint density at radius 2 is 1.65 bits per heavy atom. The van der Waals surface area contributed by atoms with Crippen molar-refractivity contribution in [1.29, 1.82) is 0 Å². The minimum absolute atomic E-state index is 0.129. The monoisotopic (exact) mass is 241 g/mol. The van der Waals surface area contributed by atoms with E-state index in [4.69, 9.17) is 0 Å². The van der Waals surface area contributed by atoms with Crippen molar-refractivity contribution in [1.82, 2.24) is 15.1 Å². The Bertz CT molecular complexity index is 316. The van der Waals surface area contributed by atoms with Crippen molar-refractivity contribution in [3.63, 3.8) is 0 Å². The highest BCUT2D eigenvalue weighted by Crippen LogP contribution is 2.03. The molecule has 1 heterocycles.